The summed E-state index contributed by atoms with van der Waals surface area (Å²) in [4.78, 5) is 27.7. The molecule has 5 N–H and O–H groups in total. The maximum absolute atomic E-state index is 12.2. The number of aromatic amines is 1. The summed E-state index contributed by atoms with van der Waals surface area (Å²) in [5.41, 5.74) is 13.2. The van der Waals surface area contributed by atoms with Crippen LogP contribution in [-0.2, 0) is 17.6 Å². The normalized spacial score (nSPS) is 15.5. The molecule has 0 radical (unpaired) electrons. The molecular formula is C25H27N3O3. The van der Waals surface area contributed by atoms with Gasteiger partial charge < -0.3 is 21.1 Å². The molecular weight excluding hydrogens is 390 g/mol. The highest BCUT2D eigenvalue weighted by molar-refractivity contribution is 6.11. The van der Waals surface area contributed by atoms with Crippen LogP contribution < -0.4 is 11.1 Å². The number of carbonyl (C=O) groups is 2. The lowest BCUT2D eigenvalue weighted by Crippen LogP contribution is -2.16. The third-order valence-corrected chi connectivity index (χ3v) is 6.23. The smallest absolute Gasteiger partial charge is 0.250 e. The van der Waals surface area contributed by atoms with Crippen LogP contribution in [0, 0.1) is 12.8 Å². The van der Waals surface area contributed by atoms with E-state index in [0.29, 0.717) is 11.1 Å². The van der Waals surface area contributed by atoms with Crippen LogP contribution >= 0.6 is 0 Å². The number of benzene rings is 2. The molecule has 2 amide bonds. The third-order valence-electron chi connectivity index (χ3n) is 6.23. The molecule has 1 atom stereocenters. The Kier molecular flexibility index (Phi) is 5.41. The molecule has 1 aromatic heterocycles. The molecule has 0 bridgehead atoms. The lowest BCUT2D eigenvalue weighted by atomic mass is 9.85. The third kappa shape index (κ3) is 3.64. The largest absolute Gasteiger partial charge is 0.396 e. The van der Waals surface area contributed by atoms with Gasteiger partial charge in [0, 0.05) is 28.9 Å². The molecule has 0 fully saturated rings. The Morgan fingerprint density at radius 1 is 1.26 bits per heavy atom. The number of anilines is 1. The van der Waals surface area contributed by atoms with Gasteiger partial charge in [0.15, 0.2) is 0 Å². The van der Waals surface area contributed by atoms with E-state index in [1.165, 1.54) is 5.56 Å². The van der Waals surface area contributed by atoms with E-state index < -0.39 is 5.91 Å². The summed E-state index contributed by atoms with van der Waals surface area (Å²) in [6, 6.07) is 9.48. The highest BCUT2D eigenvalue weighted by Gasteiger charge is 2.26. The van der Waals surface area contributed by atoms with E-state index in [1.54, 1.807) is 13.0 Å². The van der Waals surface area contributed by atoms with Crippen LogP contribution in [-0.4, -0.2) is 28.5 Å². The molecule has 6 nitrogen and oxygen atoms in total. The number of aryl methyl sites for hydroxylation is 1. The van der Waals surface area contributed by atoms with Crippen molar-refractivity contribution in [3.63, 3.8) is 0 Å². The zero-order valence-corrected chi connectivity index (χ0v) is 17.8. The van der Waals surface area contributed by atoms with Crippen molar-refractivity contribution in [3.05, 3.63) is 64.9 Å². The Labute approximate surface area is 181 Å². The van der Waals surface area contributed by atoms with Crippen molar-refractivity contribution in [2.45, 2.75) is 33.1 Å². The van der Waals surface area contributed by atoms with Gasteiger partial charge in [-0.05, 0) is 73.4 Å². The predicted octanol–water partition coefficient (Wildman–Crippen LogP) is 3.85. The Balaban J connectivity index is 1.92. The molecule has 2 aromatic carbocycles. The van der Waals surface area contributed by atoms with E-state index >= 15 is 0 Å². The number of aliphatic hydroxyl groups is 1. The first-order chi connectivity index (χ1) is 14.8. The molecule has 160 valence electrons. The number of amides is 2. The highest BCUT2D eigenvalue weighted by atomic mass is 16.3. The van der Waals surface area contributed by atoms with Crippen LogP contribution in [0.5, 0.6) is 0 Å². The quantitative estimate of drug-likeness (QED) is 0.474. The topological polar surface area (TPSA) is 108 Å². The molecule has 1 unspecified atom stereocenters. The van der Waals surface area contributed by atoms with Gasteiger partial charge in [-0.15, -0.1) is 0 Å². The first kappa shape index (κ1) is 20.9. The summed E-state index contributed by atoms with van der Waals surface area (Å²) < 4.78 is 0. The molecule has 1 heterocycles. The van der Waals surface area contributed by atoms with Gasteiger partial charge in [-0.3, -0.25) is 9.59 Å². The summed E-state index contributed by atoms with van der Waals surface area (Å²) in [6.45, 7) is 7.50. The molecule has 3 aromatic rings. The van der Waals surface area contributed by atoms with E-state index in [-0.39, 0.29) is 18.4 Å². The van der Waals surface area contributed by atoms with Crippen molar-refractivity contribution in [3.8, 4) is 11.1 Å². The number of nitrogens with two attached hydrogens (primary N) is 1. The number of hydrogen-bond donors (Lipinski definition) is 4. The minimum atomic E-state index is -0.479. The van der Waals surface area contributed by atoms with Crippen LogP contribution in [0.25, 0.3) is 22.0 Å². The second-order valence-electron chi connectivity index (χ2n) is 8.36. The fourth-order valence-electron chi connectivity index (χ4n) is 4.49. The van der Waals surface area contributed by atoms with Crippen molar-refractivity contribution < 1.29 is 14.7 Å². The van der Waals surface area contributed by atoms with Gasteiger partial charge in [-0.2, -0.15) is 0 Å². The molecule has 0 saturated carbocycles. The monoisotopic (exact) mass is 417 g/mol. The van der Waals surface area contributed by atoms with Crippen LogP contribution in [0.3, 0.4) is 0 Å². The highest BCUT2D eigenvalue weighted by Crippen LogP contribution is 2.40. The van der Waals surface area contributed by atoms with Crippen molar-refractivity contribution in [2.75, 3.05) is 11.9 Å². The zero-order valence-electron chi connectivity index (χ0n) is 17.8. The van der Waals surface area contributed by atoms with E-state index in [4.69, 9.17) is 5.73 Å². The van der Waals surface area contributed by atoms with E-state index in [2.05, 4.69) is 16.9 Å². The number of rotatable bonds is 5. The Hall–Kier alpha value is -3.38. The summed E-state index contributed by atoms with van der Waals surface area (Å²) in [7, 11) is 0. The van der Waals surface area contributed by atoms with Crippen molar-refractivity contribution >= 4 is 28.4 Å². The maximum atomic E-state index is 12.2. The van der Waals surface area contributed by atoms with Gasteiger partial charge in [-0.25, -0.2) is 0 Å². The fourth-order valence-corrected chi connectivity index (χ4v) is 4.49. The van der Waals surface area contributed by atoms with E-state index in [9.17, 15) is 14.7 Å². The summed E-state index contributed by atoms with van der Waals surface area (Å²) in [5.74, 6) is -0.486. The minimum absolute atomic E-state index is 0.147. The number of carbonyl (C=O) groups excluding carboxylic acids is 2. The van der Waals surface area contributed by atoms with Crippen molar-refractivity contribution in [1.29, 1.82) is 0 Å². The second-order valence-corrected chi connectivity index (χ2v) is 8.36. The summed E-state index contributed by atoms with van der Waals surface area (Å²) in [5, 5.41) is 13.5. The zero-order chi connectivity index (χ0) is 22.3. The van der Waals surface area contributed by atoms with Crippen LogP contribution in [0.1, 0.15) is 40.5 Å². The number of primary amides is 1. The number of nitrogens with one attached hydrogen (secondary N) is 2. The number of H-pyrrole nitrogens is 1. The van der Waals surface area contributed by atoms with Gasteiger partial charge >= 0.3 is 0 Å². The van der Waals surface area contributed by atoms with E-state index in [0.717, 1.165) is 58.2 Å². The molecule has 0 spiro atoms. The molecule has 1 aliphatic rings. The summed E-state index contributed by atoms with van der Waals surface area (Å²) in [6.07, 6.45) is 2.46. The minimum Gasteiger partial charge on any atom is -0.396 e. The molecule has 0 saturated heterocycles. The molecule has 0 aliphatic heterocycles. The van der Waals surface area contributed by atoms with Crippen molar-refractivity contribution in [1.82, 2.24) is 4.98 Å². The van der Waals surface area contributed by atoms with Gasteiger partial charge in [0.2, 0.25) is 0 Å². The molecule has 4 rings (SSSR count). The number of aromatic nitrogens is 1. The maximum Gasteiger partial charge on any atom is 0.250 e. The lowest BCUT2D eigenvalue weighted by Gasteiger charge is -2.21. The first-order valence-corrected chi connectivity index (χ1v) is 10.5. The number of hydrogen-bond acceptors (Lipinski definition) is 3. The Morgan fingerprint density at radius 2 is 2.03 bits per heavy atom. The van der Waals surface area contributed by atoms with Crippen LogP contribution in [0.2, 0.25) is 0 Å². The number of fused-ring (bicyclic) bond motifs is 3. The SMILES string of the molecule is C=C(C)C(=O)Nc1cccc(-c2ccc(C(N)=O)c3[nH]c4c(c23)CCC(CO)C4)c1C. The average Bonchev–Trinajstić information content (AvgIpc) is 3.13. The number of aliphatic hydroxyl groups excluding tert-OH is 1. The molecule has 31 heavy (non-hydrogen) atoms. The van der Waals surface area contributed by atoms with Gasteiger partial charge in [0.25, 0.3) is 11.8 Å². The van der Waals surface area contributed by atoms with Crippen LogP contribution in [0.15, 0.2) is 42.5 Å². The fraction of sp³-hybridized carbons (Fsp3) is 0.280. The standard InChI is InChI=1S/C25H27N3O3/c1-13(2)25(31)28-20-6-4-5-16(14(20)3)17-9-10-19(24(26)30)23-22(17)18-8-7-15(12-29)11-21(18)27-23/h4-6,9-10,15,27,29H,1,7-8,11-12H2,2-3H3,(H2,26,30)(H,28,31). The Morgan fingerprint density at radius 3 is 2.71 bits per heavy atom. The predicted molar refractivity (Wildman–Crippen MR) is 123 cm³/mol. The van der Waals surface area contributed by atoms with Crippen molar-refractivity contribution in [2.24, 2.45) is 11.7 Å². The van der Waals surface area contributed by atoms with E-state index in [1.807, 2.05) is 31.2 Å². The Bertz CT molecular complexity index is 1220. The van der Waals surface area contributed by atoms with Gasteiger partial charge in [0.1, 0.15) is 0 Å². The molecule has 6 heteroatoms. The van der Waals surface area contributed by atoms with Gasteiger partial charge in [-0.1, -0.05) is 24.8 Å². The van der Waals surface area contributed by atoms with Crippen LogP contribution in [0.4, 0.5) is 5.69 Å². The lowest BCUT2D eigenvalue weighted by molar-refractivity contribution is -0.112. The first-order valence-electron chi connectivity index (χ1n) is 10.5. The molecule has 1 aliphatic carbocycles. The second kappa shape index (κ2) is 8.04. The van der Waals surface area contributed by atoms with Gasteiger partial charge in [0.05, 0.1) is 11.1 Å². The summed E-state index contributed by atoms with van der Waals surface area (Å²) >= 11 is 0. The average molecular weight is 418 g/mol.